The first-order valence-electron chi connectivity index (χ1n) is 8.64. The van der Waals surface area contributed by atoms with Crippen molar-refractivity contribution in [3.05, 3.63) is 70.7 Å². The van der Waals surface area contributed by atoms with E-state index < -0.39 is 0 Å². The summed E-state index contributed by atoms with van der Waals surface area (Å²) in [6.45, 7) is 4.69. The summed E-state index contributed by atoms with van der Waals surface area (Å²) in [5.74, 6) is 0.536. The van der Waals surface area contributed by atoms with Crippen LogP contribution in [-0.4, -0.2) is 30.3 Å². The van der Waals surface area contributed by atoms with E-state index in [2.05, 4.69) is 4.90 Å². The summed E-state index contributed by atoms with van der Waals surface area (Å²) in [4.78, 5) is 14.6. The van der Waals surface area contributed by atoms with Crippen LogP contribution in [0.25, 0.3) is 0 Å². The van der Waals surface area contributed by atoms with E-state index in [0.29, 0.717) is 12.3 Å². The number of hydrogen-bond acceptors (Lipinski definition) is 3. The van der Waals surface area contributed by atoms with Gasteiger partial charge in [0, 0.05) is 36.6 Å². The van der Waals surface area contributed by atoms with Gasteiger partial charge in [0.15, 0.2) is 17.7 Å². The van der Waals surface area contributed by atoms with Gasteiger partial charge >= 0.3 is 0 Å². The van der Waals surface area contributed by atoms with Crippen molar-refractivity contribution in [2.45, 2.75) is 32.1 Å². The van der Waals surface area contributed by atoms with Crippen molar-refractivity contribution in [2.24, 2.45) is 0 Å². The molecule has 4 heteroatoms. The summed E-state index contributed by atoms with van der Waals surface area (Å²) in [6, 6.07) is 13.4. The highest BCUT2D eigenvalue weighted by Crippen LogP contribution is 2.25. The van der Waals surface area contributed by atoms with Crippen LogP contribution < -0.4 is 4.73 Å². The van der Waals surface area contributed by atoms with Crippen molar-refractivity contribution in [1.82, 2.24) is 4.90 Å². The molecule has 0 spiro atoms. The van der Waals surface area contributed by atoms with Crippen LogP contribution in [0.4, 0.5) is 0 Å². The first-order valence-corrected chi connectivity index (χ1v) is 8.64. The van der Waals surface area contributed by atoms with Gasteiger partial charge in [-0.25, -0.2) is 0 Å². The van der Waals surface area contributed by atoms with Crippen molar-refractivity contribution in [1.29, 1.82) is 0 Å². The normalized spacial score (nSPS) is 16.2. The summed E-state index contributed by atoms with van der Waals surface area (Å²) < 4.78 is 0.988. The van der Waals surface area contributed by atoms with Gasteiger partial charge in [-0.1, -0.05) is 29.8 Å². The lowest BCUT2D eigenvalue weighted by Crippen LogP contribution is -2.39. The molecule has 0 radical (unpaired) electrons. The third-order valence-corrected chi connectivity index (χ3v) is 4.86. The third-order valence-electron chi connectivity index (χ3n) is 4.86. The summed E-state index contributed by atoms with van der Waals surface area (Å²) in [6.07, 6.45) is 4.08. The number of rotatable bonds is 5. The lowest BCUT2D eigenvalue weighted by molar-refractivity contribution is -0.616. The average Bonchev–Trinajstić information content (AvgIpc) is 2.61. The Morgan fingerprint density at radius 1 is 1.21 bits per heavy atom. The first kappa shape index (κ1) is 16.7. The number of aromatic nitrogens is 1. The quantitative estimate of drug-likeness (QED) is 0.482. The molecule has 2 aromatic rings. The lowest BCUT2D eigenvalue weighted by Gasteiger charge is -2.30. The highest BCUT2D eigenvalue weighted by atomic mass is 16.5. The number of ketones is 1. The lowest BCUT2D eigenvalue weighted by atomic mass is 9.92. The van der Waals surface area contributed by atoms with Crippen LogP contribution >= 0.6 is 0 Å². The molecule has 1 aliphatic rings. The van der Waals surface area contributed by atoms with E-state index in [1.54, 1.807) is 12.3 Å². The Bertz CT molecular complexity index is 706. The van der Waals surface area contributed by atoms with Gasteiger partial charge in [0.25, 0.3) is 0 Å². The Balaban J connectivity index is 1.49. The number of Topliss-reactive ketones (excluding diaryl/α,β-unsaturated/α-hetero) is 1. The van der Waals surface area contributed by atoms with E-state index in [4.69, 9.17) is 0 Å². The minimum Gasteiger partial charge on any atom is -0.618 e. The monoisotopic (exact) mass is 324 g/mol. The second kappa shape index (κ2) is 7.58. The molecule has 1 fully saturated rings. The van der Waals surface area contributed by atoms with Crippen LogP contribution in [0.5, 0.6) is 0 Å². The Morgan fingerprint density at radius 2 is 2.00 bits per heavy atom. The van der Waals surface area contributed by atoms with Gasteiger partial charge < -0.3 is 10.1 Å². The Morgan fingerprint density at radius 3 is 2.71 bits per heavy atom. The molecule has 0 amide bonds. The zero-order valence-electron chi connectivity index (χ0n) is 14.1. The number of likely N-dealkylation sites (tertiary alicyclic amines) is 1. The summed E-state index contributed by atoms with van der Waals surface area (Å²) >= 11 is 0. The molecule has 1 aromatic heterocycles. The Hall–Kier alpha value is -2.20. The molecular formula is C20H24N2O2. The van der Waals surface area contributed by atoms with Crippen LogP contribution in [0.1, 0.15) is 46.8 Å². The van der Waals surface area contributed by atoms with Crippen LogP contribution in [0.2, 0.25) is 0 Å². The molecule has 0 atom stereocenters. The average molecular weight is 324 g/mol. The van der Waals surface area contributed by atoms with Gasteiger partial charge in [0.05, 0.1) is 0 Å². The molecule has 0 N–H and O–H groups in total. The van der Waals surface area contributed by atoms with Crippen molar-refractivity contribution in [2.75, 3.05) is 19.6 Å². The topological polar surface area (TPSA) is 47.2 Å². The summed E-state index contributed by atoms with van der Waals surface area (Å²) in [5.41, 5.74) is 2.80. The second-order valence-electron chi connectivity index (χ2n) is 6.61. The number of pyridine rings is 1. The van der Waals surface area contributed by atoms with Crippen LogP contribution in [-0.2, 0) is 0 Å². The Labute approximate surface area is 143 Å². The molecule has 2 heterocycles. The minimum absolute atomic E-state index is 0.210. The molecule has 0 aliphatic carbocycles. The van der Waals surface area contributed by atoms with Crippen molar-refractivity contribution in [3.8, 4) is 0 Å². The predicted octanol–water partition coefficient (Wildman–Crippen LogP) is 3.08. The number of piperidine rings is 1. The fraction of sp³-hybridized carbons (Fsp3) is 0.400. The van der Waals surface area contributed by atoms with E-state index in [0.717, 1.165) is 54.0 Å². The van der Waals surface area contributed by atoms with Crippen LogP contribution in [0.15, 0.2) is 48.7 Å². The fourth-order valence-corrected chi connectivity index (χ4v) is 3.43. The van der Waals surface area contributed by atoms with E-state index in [1.807, 2.05) is 43.3 Å². The molecule has 126 valence electrons. The maximum atomic E-state index is 12.3. The van der Waals surface area contributed by atoms with Gasteiger partial charge in [-0.05, 0) is 38.9 Å². The molecular weight excluding hydrogens is 300 g/mol. The number of hydrogen-bond donors (Lipinski definition) is 0. The van der Waals surface area contributed by atoms with Crippen LogP contribution in [0.3, 0.4) is 0 Å². The van der Waals surface area contributed by atoms with E-state index in [9.17, 15) is 10.0 Å². The zero-order chi connectivity index (χ0) is 16.9. The molecule has 1 aromatic carbocycles. The molecule has 3 rings (SSSR count). The summed E-state index contributed by atoms with van der Waals surface area (Å²) in [5, 5.41) is 11.9. The molecule has 1 aliphatic heterocycles. The maximum Gasteiger partial charge on any atom is 0.195 e. The maximum absolute atomic E-state index is 12.3. The minimum atomic E-state index is 0.210. The van der Waals surface area contributed by atoms with E-state index >= 15 is 0 Å². The smallest absolute Gasteiger partial charge is 0.195 e. The largest absolute Gasteiger partial charge is 0.618 e. The number of carbonyl (C=O) groups excluding carboxylic acids is 1. The Kier molecular flexibility index (Phi) is 5.26. The van der Waals surface area contributed by atoms with Gasteiger partial charge in [-0.3, -0.25) is 4.79 Å². The SMILES string of the molecule is Cc1cccc(C(=O)CCN2CCC(c3cccc[n+]3[O-])CC2)c1. The van der Waals surface area contributed by atoms with Crippen molar-refractivity contribution >= 4 is 5.78 Å². The van der Waals surface area contributed by atoms with E-state index in [-0.39, 0.29) is 5.78 Å². The number of aryl methyl sites for hydroxylation is 1. The standard InChI is InChI=1S/C20H24N2O2/c1-16-5-4-6-18(15-16)20(23)10-14-21-12-8-17(9-13-21)19-7-2-3-11-22(19)24/h2-7,11,15,17H,8-10,12-14H2,1H3. The van der Waals surface area contributed by atoms with Gasteiger partial charge in [0.2, 0.25) is 0 Å². The van der Waals surface area contributed by atoms with Gasteiger partial charge in [0.1, 0.15) is 0 Å². The zero-order valence-corrected chi connectivity index (χ0v) is 14.1. The first-order chi connectivity index (χ1) is 11.6. The highest BCUT2D eigenvalue weighted by Gasteiger charge is 2.25. The fourth-order valence-electron chi connectivity index (χ4n) is 3.43. The highest BCUT2D eigenvalue weighted by molar-refractivity contribution is 5.96. The number of nitrogens with zero attached hydrogens (tertiary/aromatic N) is 2. The molecule has 0 saturated carbocycles. The number of carbonyl (C=O) groups is 1. The third kappa shape index (κ3) is 4.01. The van der Waals surface area contributed by atoms with Gasteiger partial charge in [-0.2, -0.15) is 4.73 Å². The second-order valence-corrected chi connectivity index (χ2v) is 6.61. The van der Waals surface area contributed by atoms with Gasteiger partial charge in [-0.15, -0.1) is 0 Å². The predicted molar refractivity (Wildman–Crippen MR) is 93.9 cm³/mol. The van der Waals surface area contributed by atoms with Crippen molar-refractivity contribution < 1.29 is 9.52 Å². The molecule has 4 nitrogen and oxygen atoms in total. The summed E-state index contributed by atoms with van der Waals surface area (Å²) in [7, 11) is 0. The molecule has 1 saturated heterocycles. The molecule has 0 bridgehead atoms. The van der Waals surface area contributed by atoms with Crippen molar-refractivity contribution in [3.63, 3.8) is 0 Å². The van der Waals surface area contributed by atoms with E-state index in [1.165, 1.54) is 0 Å². The van der Waals surface area contributed by atoms with Crippen LogP contribution in [0, 0.1) is 12.1 Å². The molecule has 24 heavy (non-hydrogen) atoms. The number of benzene rings is 1. The molecule has 0 unspecified atom stereocenters.